The van der Waals surface area contributed by atoms with Crippen LogP contribution in [0.3, 0.4) is 0 Å². The van der Waals surface area contributed by atoms with Crippen LogP contribution < -0.4 is 10.6 Å². The van der Waals surface area contributed by atoms with Gasteiger partial charge in [-0.2, -0.15) is 0 Å². The number of amides is 2. The fourth-order valence-corrected chi connectivity index (χ4v) is 4.04. The number of hydrogen-bond acceptors (Lipinski definition) is 5. The van der Waals surface area contributed by atoms with Gasteiger partial charge < -0.3 is 15.2 Å². The minimum atomic E-state index is -0.327. The average Bonchev–Trinajstić information content (AvgIpc) is 3.11. The monoisotopic (exact) mass is 471 g/mol. The van der Waals surface area contributed by atoms with Gasteiger partial charge in [0.25, 0.3) is 5.91 Å². The number of hydrogen-bond donors (Lipinski definition) is 2. The van der Waals surface area contributed by atoms with E-state index in [9.17, 15) is 9.59 Å². The maximum absolute atomic E-state index is 12.8. The van der Waals surface area contributed by atoms with Gasteiger partial charge >= 0.3 is 0 Å². The van der Waals surface area contributed by atoms with Gasteiger partial charge in [0.15, 0.2) is 11.0 Å². The normalized spacial score (nSPS) is 11.9. The van der Waals surface area contributed by atoms with Crippen molar-refractivity contribution < 1.29 is 9.59 Å². The molecule has 1 heterocycles. The van der Waals surface area contributed by atoms with Crippen LogP contribution in [0.1, 0.15) is 41.6 Å². The molecule has 0 fully saturated rings. The molecule has 0 aliphatic rings. The number of aromatic nitrogens is 3. The van der Waals surface area contributed by atoms with Crippen LogP contribution in [0.25, 0.3) is 0 Å². The molecule has 1 atom stereocenters. The van der Waals surface area contributed by atoms with E-state index in [4.69, 9.17) is 11.6 Å². The molecule has 1 unspecified atom stereocenters. The number of halogens is 1. The Balaban J connectivity index is 1.67. The first-order valence-corrected chi connectivity index (χ1v) is 11.6. The lowest BCUT2D eigenvalue weighted by Gasteiger charge is -2.21. The van der Waals surface area contributed by atoms with E-state index in [-0.39, 0.29) is 29.5 Å². The molecule has 0 saturated carbocycles. The van der Waals surface area contributed by atoms with E-state index in [1.165, 1.54) is 11.8 Å². The summed E-state index contributed by atoms with van der Waals surface area (Å²) in [6.07, 6.45) is 0. The molecule has 168 valence electrons. The minimum absolute atomic E-state index is 0.0908. The van der Waals surface area contributed by atoms with Crippen LogP contribution in [0.15, 0.2) is 53.7 Å². The van der Waals surface area contributed by atoms with E-state index in [1.807, 2.05) is 50.6 Å². The third kappa shape index (κ3) is 5.89. The van der Waals surface area contributed by atoms with Crippen molar-refractivity contribution in [3.8, 4) is 0 Å². The molecule has 3 aromatic rings. The summed E-state index contributed by atoms with van der Waals surface area (Å²) in [5.74, 6) is 0.520. The topological polar surface area (TPSA) is 88.9 Å². The lowest BCUT2D eigenvalue weighted by Crippen LogP contribution is -2.33. The van der Waals surface area contributed by atoms with E-state index in [2.05, 4.69) is 20.8 Å². The Morgan fingerprint density at radius 1 is 1.12 bits per heavy atom. The third-order valence-electron chi connectivity index (χ3n) is 4.86. The average molecular weight is 472 g/mol. The molecule has 7 nitrogen and oxygen atoms in total. The van der Waals surface area contributed by atoms with E-state index < -0.39 is 0 Å². The molecule has 0 bridgehead atoms. The Bertz CT molecular complexity index is 1120. The maximum atomic E-state index is 12.8. The van der Waals surface area contributed by atoms with Crippen molar-refractivity contribution in [2.75, 3.05) is 11.1 Å². The molecule has 2 amide bonds. The SMILES string of the molecule is Cc1cccc(C(=O)NC(c2nnc(SCC(=O)Nc3ccccc3Cl)n2C)C(C)C)c1. The van der Waals surface area contributed by atoms with Crippen molar-refractivity contribution in [2.45, 2.75) is 32.0 Å². The quantitative estimate of drug-likeness (QED) is 0.467. The molecule has 1 aromatic heterocycles. The molecule has 9 heteroatoms. The summed E-state index contributed by atoms with van der Waals surface area (Å²) in [6, 6.07) is 14.2. The van der Waals surface area contributed by atoms with Crippen LogP contribution in [0.5, 0.6) is 0 Å². The number of benzene rings is 2. The smallest absolute Gasteiger partial charge is 0.251 e. The zero-order chi connectivity index (χ0) is 23.3. The summed E-state index contributed by atoms with van der Waals surface area (Å²) in [5, 5.41) is 15.5. The fraction of sp³-hybridized carbons (Fsp3) is 0.304. The predicted molar refractivity (Wildman–Crippen MR) is 128 cm³/mol. The number of aryl methyl sites for hydroxylation is 1. The molecule has 0 saturated heterocycles. The highest BCUT2D eigenvalue weighted by Gasteiger charge is 2.25. The van der Waals surface area contributed by atoms with E-state index in [1.54, 1.807) is 30.3 Å². The summed E-state index contributed by atoms with van der Waals surface area (Å²) < 4.78 is 1.81. The number of nitrogens with one attached hydrogen (secondary N) is 2. The van der Waals surface area contributed by atoms with E-state index >= 15 is 0 Å². The van der Waals surface area contributed by atoms with Crippen LogP contribution in [0.2, 0.25) is 5.02 Å². The van der Waals surface area contributed by atoms with Gasteiger partial charge in [-0.3, -0.25) is 9.59 Å². The maximum Gasteiger partial charge on any atom is 0.251 e. The van der Waals surface area contributed by atoms with Gasteiger partial charge in [0.2, 0.25) is 5.91 Å². The molecule has 3 rings (SSSR count). The Hall–Kier alpha value is -2.84. The van der Waals surface area contributed by atoms with Gasteiger partial charge in [0.05, 0.1) is 22.5 Å². The van der Waals surface area contributed by atoms with Gasteiger partial charge in [-0.1, -0.05) is 67.0 Å². The lowest BCUT2D eigenvalue weighted by atomic mass is 10.0. The first kappa shape index (κ1) is 23.8. The largest absolute Gasteiger partial charge is 0.342 e. The molecule has 0 aliphatic carbocycles. The minimum Gasteiger partial charge on any atom is -0.342 e. The number of nitrogens with zero attached hydrogens (tertiary/aromatic N) is 3. The van der Waals surface area contributed by atoms with Gasteiger partial charge in [0.1, 0.15) is 0 Å². The molecule has 2 aromatic carbocycles. The zero-order valence-corrected chi connectivity index (χ0v) is 20.0. The molecule has 32 heavy (non-hydrogen) atoms. The van der Waals surface area contributed by atoms with E-state index in [0.29, 0.717) is 27.3 Å². The number of thioether (sulfide) groups is 1. The predicted octanol–water partition coefficient (Wildman–Crippen LogP) is 4.63. The van der Waals surface area contributed by atoms with Gasteiger partial charge in [-0.15, -0.1) is 10.2 Å². The highest BCUT2D eigenvalue weighted by atomic mass is 35.5. The fourth-order valence-electron chi connectivity index (χ4n) is 3.14. The van der Waals surface area contributed by atoms with Crippen molar-refractivity contribution in [2.24, 2.45) is 13.0 Å². The summed E-state index contributed by atoms with van der Waals surface area (Å²) in [7, 11) is 1.83. The zero-order valence-electron chi connectivity index (χ0n) is 18.4. The van der Waals surface area contributed by atoms with Crippen LogP contribution >= 0.6 is 23.4 Å². The number of carbonyl (C=O) groups excluding carboxylic acids is 2. The molecular formula is C23H26ClN5O2S. The number of carbonyl (C=O) groups is 2. The second kappa shape index (κ2) is 10.7. The number of anilines is 1. The van der Waals surface area contributed by atoms with Crippen LogP contribution in [-0.4, -0.2) is 32.3 Å². The van der Waals surface area contributed by atoms with Crippen molar-refractivity contribution in [1.82, 2.24) is 20.1 Å². The molecule has 0 aliphatic heterocycles. The van der Waals surface area contributed by atoms with Crippen LogP contribution in [0.4, 0.5) is 5.69 Å². The van der Waals surface area contributed by atoms with Gasteiger partial charge in [0, 0.05) is 12.6 Å². The van der Waals surface area contributed by atoms with Gasteiger partial charge in [-0.05, 0) is 37.1 Å². The third-order valence-corrected chi connectivity index (χ3v) is 6.21. The van der Waals surface area contributed by atoms with Crippen molar-refractivity contribution in [3.05, 3.63) is 70.5 Å². The van der Waals surface area contributed by atoms with Crippen molar-refractivity contribution in [3.63, 3.8) is 0 Å². The highest BCUT2D eigenvalue weighted by Crippen LogP contribution is 2.25. The van der Waals surface area contributed by atoms with Crippen molar-refractivity contribution in [1.29, 1.82) is 0 Å². The Morgan fingerprint density at radius 2 is 1.88 bits per heavy atom. The lowest BCUT2D eigenvalue weighted by molar-refractivity contribution is -0.113. The molecular weight excluding hydrogens is 446 g/mol. The first-order chi connectivity index (χ1) is 15.3. The van der Waals surface area contributed by atoms with Crippen molar-refractivity contribution >= 4 is 40.9 Å². The first-order valence-electron chi connectivity index (χ1n) is 10.2. The summed E-state index contributed by atoms with van der Waals surface area (Å²) >= 11 is 7.36. The molecule has 2 N–H and O–H groups in total. The summed E-state index contributed by atoms with van der Waals surface area (Å²) in [5.41, 5.74) is 2.19. The molecule has 0 radical (unpaired) electrons. The standard InChI is InChI=1S/C23H26ClN5O2S/c1-14(2)20(26-22(31)16-9-7-8-15(3)12-16)21-27-28-23(29(21)4)32-13-19(30)25-18-11-6-5-10-17(18)24/h5-12,14,20H,13H2,1-4H3,(H,25,30)(H,26,31). The molecule has 0 spiro atoms. The number of para-hydroxylation sites is 1. The second-order valence-electron chi connectivity index (χ2n) is 7.78. The summed E-state index contributed by atoms with van der Waals surface area (Å²) in [4.78, 5) is 25.1. The second-order valence-corrected chi connectivity index (χ2v) is 9.13. The summed E-state index contributed by atoms with van der Waals surface area (Å²) in [6.45, 7) is 5.98. The van der Waals surface area contributed by atoms with Crippen LogP contribution in [0, 0.1) is 12.8 Å². The Kier molecular flexibility index (Phi) is 7.93. The Labute approximate surface area is 197 Å². The number of rotatable bonds is 8. The van der Waals surface area contributed by atoms with E-state index in [0.717, 1.165) is 5.56 Å². The van der Waals surface area contributed by atoms with Gasteiger partial charge in [-0.25, -0.2) is 0 Å². The van der Waals surface area contributed by atoms with Crippen LogP contribution in [-0.2, 0) is 11.8 Å². The Morgan fingerprint density at radius 3 is 2.56 bits per heavy atom. The highest BCUT2D eigenvalue weighted by molar-refractivity contribution is 7.99.